The molecule has 1 fully saturated rings. The number of amides is 1. The maximum absolute atomic E-state index is 12.0. The van der Waals surface area contributed by atoms with Gasteiger partial charge in [0.1, 0.15) is 5.75 Å². The van der Waals surface area contributed by atoms with E-state index in [2.05, 4.69) is 17.6 Å². The summed E-state index contributed by atoms with van der Waals surface area (Å²) >= 11 is 0. The predicted octanol–water partition coefficient (Wildman–Crippen LogP) is 2.31. The molecule has 2 unspecified atom stereocenters. The van der Waals surface area contributed by atoms with Crippen molar-refractivity contribution in [2.75, 3.05) is 13.2 Å². The molecule has 1 aromatic carbocycles. The first-order valence-corrected chi connectivity index (χ1v) is 7.42. The zero-order valence-electron chi connectivity index (χ0n) is 12.7. The highest BCUT2D eigenvalue weighted by atomic mass is 35.5. The second kappa shape index (κ2) is 8.90. The summed E-state index contributed by atoms with van der Waals surface area (Å²) in [5.41, 5.74) is 1.02. The lowest BCUT2D eigenvalue weighted by atomic mass is 10.0. The van der Waals surface area contributed by atoms with E-state index in [0.717, 1.165) is 30.7 Å². The second-order valence-electron chi connectivity index (χ2n) is 5.40. The molecule has 21 heavy (non-hydrogen) atoms. The van der Waals surface area contributed by atoms with Gasteiger partial charge in [-0.05, 0) is 50.9 Å². The normalized spacial score (nSPS) is 21.2. The lowest BCUT2D eigenvalue weighted by molar-refractivity contribution is -0.121. The quantitative estimate of drug-likeness (QED) is 0.877. The molecular weight excluding hydrogens is 288 g/mol. The standard InChI is InChI=1S/C16H24N2O2.ClH/c1-3-20-15-6-4-13(5-7-15)11-16(19)18-14-8-9-17-12(2)10-14;/h4-7,12,14,17H,3,8-11H2,1-2H3,(H,18,19);1H. The van der Waals surface area contributed by atoms with Crippen LogP contribution in [0.2, 0.25) is 0 Å². The van der Waals surface area contributed by atoms with Gasteiger partial charge in [0.2, 0.25) is 5.91 Å². The Bertz CT molecular complexity index is 436. The number of hydrogen-bond donors (Lipinski definition) is 2. The van der Waals surface area contributed by atoms with Crippen LogP contribution >= 0.6 is 12.4 Å². The third kappa shape index (κ3) is 5.94. The van der Waals surface area contributed by atoms with E-state index in [4.69, 9.17) is 4.74 Å². The number of nitrogens with one attached hydrogen (secondary N) is 2. The Morgan fingerprint density at radius 1 is 1.38 bits per heavy atom. The Labute approximate surface area is 133 Å². The largest absolute Gasteiger partial charge is 0.494 e. The van der Waals surface area contributed by atoms with Crippen LogP contribution in [0.15, 0.2) is 24.3 Å². The van der Waals surface area contributed by atoms with Crippen LogP contribution in [0.3, 0.4) is 0 Å². The highest BCUT2D eigenvalue weighted by Gasteiger charge is 2.19. The maximum Gasteiger partial charge on any atom is 0.224 e. The highest BCUT2D eigenvalue weighted by molar-refractivity contribution is 5.85. The van der Waals surface area contributed by atoms with Crippen LogP contribution in [-0.2, 0) is 11.2 Å². The summed E-state index contributed by atoms with van der Waals surface area (Å²) in [7, 11) is 0. The first kappa shape index (κ1) is 17.8. The minimum absolute atomic E-state index is 0. The number of carbonyl (C=O) groups excluding carboxylic acids is 1. The van der Waals surface area contributed by atoms with Gasteiger partial charge < -0.3 is 15.4 Å². The van der Waals surface area contributed by atoms with Crippen molar-refractivity contribution < 1.29 is 9.53 Å². The van der Waals surface area contributed by atoms with E-state index >= 15 is 0 Å². The van der Waals surface area contributed by atoms with Crippen molar-refractivity contribution >= 4 is 18.3 Å². The molecule has 4 nitrogen and oxygen atoms in total. The molecule has 1 aromatic rings. The fourth-order valence-corrected chi connectivity index (χ4v) is 2.60. The number of halogens is 1. The lowest BCUT2D eigenvalue weighted by Gasteiger charge is -2.28. The third-order valence-corrected chi connectivity index (χ3v) is 3.59. The van der Waals surface area contributed by atoms with Crippen LogP contribution in [0.5, 0.6) is 5.75 Å². The predicted molar refractivity (Wildman–Crippen MR) is 87.2 cm³/mol. The fourth-order valence-electron chi connectivity index (χ4n) is 2.60. The van der Waals surface area contributed by atoms with E-state index < -0.39 is 0 Å². The van der Waals surface area contributed by atoms with E-state index in [1.54, 1.807) is 0 Å². The summed E-state index contributed by atoms with van der Waals surface area (Å²) in [5, 5.41) is 6.52. The van der Waals surface area contributed by atoms with Gasteiger partial charge >= 0.3 is 0 Å². The van der Waals surface area contributed by atoms with Gasteiger partial charge in [-0.2, -0.15) is 0 Å². The third-order valence-electron chi connectivity index (χ3n) is 3.59. The minimum Gasteiger partial charge on any atom is -0.494 e. The molecular formula is C16H25ClN2O2. The van der Waals surface area contributed by atoms with Gasteiger partial charge in [-0.25, -0.2) is 0 Å². The molecule has 0 bridgehead atoms. The molecule has 1 heterocycles. The molecule has 2 rings (SSSR count). The van der Waals surface area contributed by atoms with Gasteiger partial charge in [0.15, 0.2) is 0 Å². The molecule has 5 heteroatoms. The molecule has 2 atom stereocenters. The van der Waals surface area contributed by atoms with E-state index in [9.17, 15) is 4.79 Å². The average molecular weight is 313 g/mol. The highest BCUT2D eigenvalue weighted by Crippen LogP contribution is 2.13. The zero-order chi connectivity index (χ0) is 14.4. The van der Waals surface area contributed by atoms with Gasteiger partial charge in [-0.1, -0.05) is 12.1 Å². The summed E-state index contributed by atoms with van der Waals surface area (Å²) in [6.45, 7) is 5.76. The van der Waals surface area contributed by atoms with Crippen LogP contribution in [0, 0.1) is 0 Å². The first-order chi connectivity index (χ1) is 9.67. The molecule has 0 saturated carbocycles. The number of ether oxygens (including phenoxy) is 1. The Morgan fingerprint density at radius 2 is 2.10 bits per heavy atom. The topological polar surface area (TPSA) is 50.4 Å². The second-order valence-corrected chi connectivity index (χ2v) is 5.40. The summed E-state index contributed by atoms with van der Waals surface area (Å²) in [6, 6.07) is 8.53. The van der Waals surface area contributed by atoms with Crippen molar-refractivity contribution in [2.24, 2.45) is 0 Å². The van der Waals surface area contributed by atoms with E-state index in [1.807, 2.05) is 31.2 Å². The van der Waals surface area contributed by atoms with Crippen molar-refractivity contribution in [1.82, 2.24) is 10.6 Å². The summed E-state index contributed by atoms with van der Waals surface area (Å²) in [4.78, 5) is 12.0. The summed E-state index contributed by atoms with van der Waals surface area (Å²) in [5.74, 6) is 0.956. The SMILES string of the molecule is CCOc1ccc(CC(=O)NC2CCNC(C)C2)cc1.Cl. The van der Waals surface area contributed by atoms with E-state index in [-0.39, 0.29) is 18.3 Å². The Morgan fingerprint density at radius 3 is 2.71 bits per heavy atom. The molecule has 1 aliphatic rings. The number of hydrogen-bond acceptors (Lipinski definition) is 3. The number of carbonyl (C=O) groups is 1. The molecule has 118 valence electrons. The van der Waals surface area contributed by atoms with Crippen LogP contribution in [-0.4, -0.2) is 31.1 Å². The average Bonchev–Trinajstić information content (AvgIpc) is 2.41. The Balaban J connectivity index is 0.00000220. The summed E-state index contributed by atoms with van der Waals surface area (Å²) < 4.78 is 5.39. The van der Waals surface area contributed by atoms with Gasteiger partial charge in [0, 0.05) is 12.1 Å². The van der Waals surface area contributed by atoms with Crippen LogP contribution < -0.4 is 15.4 Å². The molecule has 1 amide bonds. The Kier molecular flexibility index (Phi) is 7.54. The van der Waals surface area contributed by atoms with Gasteiger partial charge in [0.05, 0.1) is 13.0 Å². The first-order valence-electron chi connectivity index (χ1n) is 7.42. The van der Waals surface area contributed by atoms with Crippen molar-refractivity contribution in [3.63, 3.8) is 0 Å². The van der Waals surface area contributed by atoms with Crippen molar-refractivity contribution in [1.29, 1.82) is 0 Å². The van der Waals surface area contributed by atoms with Gasteiger partial charge in [-0.15, -0.1) is 12.4 Å². The molecule has 0 radical (unpaired) electrons. The monoisotopic (exact) mass is 312 g/mol. The molecule has 0 spiro atoms. The molecule has 2 N–H and O–H groups in total. The Hall–Kier alpha value is -1.26. The minimum atomic E-state index is 0. The van der Waals surface area contributed by atoms with Gasteiger partial charge in [0.25, 0.3) is 0 Å². The van der Waals surface area contributed by atoms with Crippen molar-refractivity contribution in [2.45, 2.75) is 45.2 Å². The number of piperidine rings is 1. The molecule has 1 saturated heterocycles. The molecule has 1 aliphatic heterocycles. The van der Waals surface area contributed by atoms with E-state index in [1.165, 1.54) is 0 Å². The zero-order valence-corrected chi connectivity index (χ0v) is 13.5. The van der Waals surface area contributed by atoms with Crippen LogP contribution in [0.1, 0.15) is 32.3 Å². The van der Waals surface area contributed by atoms with Crippen LogP contribution in [0.25, 0.3) is 0 Å². The van der Waals surface area contributed by atoms with Crippen molar-refractivity contribution in [3.8, 4) is 5.75 Å². The molecule has 0 aromatic heterocycles. The number of rotatable bonds is 5. The van der Waals surface area contributed by atoms with E-state index in [0.29, 0.717) is 25.1 Å². The van der Waals surface area contributed by atoms with Gasteiger partial charge in [-0.3, -0.25) is 4.79 Å². The van der Waals surface area contributed by atoms with Crippen molar-refractivity contribution in [3.05, 3.63) is 29.8 Å². The van der Waals surface area contributed by atoms with Crippen LogP contribution in [0.4, 0.5) is 0 Å². The smallest absolute Gasteiger partial charge is 0.224 e. The fraction of sp³-hybridized carbons (Fsp3) is 0.562. The maximum atomic E-state index is 12.0. The number of benzene rings is 1. The molecule has 0 aliphatic carbocycles. The lowest BCUT2D eigenvalue weighted by Crippen LogP contribution is -2.46. The summed E-state index contributed by atoms with van der Waals surface area (Å²) in [6.07, 6.45) is 2.46.